The average Bonchev–Trinajstić information content (AvgIpc) is 2.67. The fourth-order valence-corrected chi connectivity index (χ4v) is 2.76. The zero-order valence-electron chi connectivity index (χ0n) is 16.4. The van der Waals surface area contributed by atoms with Crippen LogP contribution in [0, 0.1) is 23.3 Å². The molecule has 0 aliphatic carbocycles. The number of halogens is 4. The highest BCUT2D eigenvalue weighted by molar-refractivity contribution is 6.35. The van der Waals surface area contributed by atoms with E-state index in [2.05, 4.69) is 23.8 Å². The molecule has 0 aromatic heterocycles. The normalized spacial score (nSPS) is 12.6. The lowest BCUT2D eigenvalue weighted by Gasteiger charge is -2.22. The van der Waals surface area contributed by atoms with Gasteiger partial charge in [0.1, 0.15) is 0 Å². The van der Waals surface area contributed by atoms with Crippen LogP contribution in [-0.2, 0) is 9.59 Å². The van der Waals surface area contributed by atoms with E-state index in [9.17, 15) is 27.2 Å². The van der Waals surface area contributed by atoms with Gasteiger partial charge in [0.05, 0.1) is 12.1 Å². The maximum absolute atomic E-state index is 13.5. The Morgan fingerprint density at radius 2 is 1.03 bits per heavy atom. The maximum Gasteiger partial charge on any atom is 0.310 e. The third-order valence-corrected chi connectivity index (χ3v) is 4.30. The van der Waals surface area contributed by atoms with Crippen molar-refractivity contribution in [2.75, 3.05) is 0 Å². The second kappa shape index (κ2) is 9.39. The predicted molar refractivity (Wildman–Crippen MR) is 104 cm³/mol. The van der Waals surface area contributed by atoms with E-state index >= 15 is 0 Å². The summed E-state index contributed by atoms with van der Waals surface area (Å²) >= 11 is 0. The molecule has 2 N–H and O–H groups in total. The molecule has 2 amide bonds. The minimum absolute atomic E-state index is 0.194. The predicted octanol–water partition coefficient (Wildman–Crippen LogP) is 4.41. The van der Waals surface area contributed by atoms with Crippen LogP contribution in [0.1, 0.15) is 37.1 Å². The number of amides is 2. The highest BCUT2D eigenvalue weighted by atomic mass is 19.2. The highest BCUT2D eigenvalue weighted by Gasteiger charge is 2.25. The van der Waals surface area contributed by atoms with Gasteiger partial charge in [-0.05, 0) is 49.2 Å². The number of carbonyl (C=O) groups is 2. The molecule has 4 nitrogen and oxygen atoms in total. The Morgan fingerprint density at radius 1 is 0.700 bits per heavy atom. The molecule has 2 rings (SSSR count). The van der Waals surface area contributed by atoms with Crippen molar-refractivity contribution in [3.8, 4) is 0 Å². The molecular weight excluding hydrogens is 400 g/mol. The lowest BCUT2D eigenvalue weighted by atomic mass is 10.00. The third kappa shape index (κ3) is 5.34. The number of benzene rings is 2. The van der Waals surface area contributed by atoms with Crippen LogP contribution in [0.25, 0.3) is 0 Å². The number of nitrogens with one attached hydrogen (secondary N) is 2. The summed E-state index contributed by atoms with van der Waals surface area (Å²) in [6, 6.07) is 4.19. The van der Waals surface area contributed by atoms with Crippen molar-refractivity contribution in [2.24, 2.45) is 0 Å². The number of carbonyl (C=O) groups excluding carboxylic acids is 2. The fraction of sp³-hybridized carbons (Fsp3) is 0.182. The Morgan fingerprint density at radius 3 is 1.30 bits per heavy atom. The quantitative estimate of drug-likeness (QED) is 0.413. The first kappa shape index (κ1) is 22.9. The molecule has 0 aliphatic heterocycles. The Kier molecular flexibility index (Phi) is 7.15. The molecule has 2 aromatic carbocycles. The molecule has 8 heteroatoms. The number of hydrogen-bond donors (Lipinski definition) is 2. The van der Waals surface area contributed by atoms with Crippen molar-refractivity contribution in [1.82, 2.24) is 10.6 Å². The molecule has 2 aromatic rings. The van der Waals surface area contributed by atoms with Gasteiger partial charge in [-0.2, -0.15) is 0 Å². The van der Waals surface area contributed by atoms with E-state index in [1.807, 2.05) is 0 Å². The molecule has 30 heavy (non-hydrogen) atoms. The van der Waals surface area contributed by atoms with Gasteiger partial charge in [0.15, 0.2) is 23.3 Å². The van der Waals surface area contributed by atoms with Crippen LogP contribution in [0.4, 0.5) is 17.6 Å². The van der Waals surface area contributed by atoms with Gasteiger partial charge in [-0.3, -0.25) is 9.59 Å². The largest absolute Gasteiger partial charge is 0.337 e. The summed E-state index contributed by atoms with van der Waals surface area (Å²) in [6.07, 6.45) is 0. The van der Waals surface area contributed by atoms with Crippen LogP contribution in [-0.4, -0.2) is 11.8 Å². The Bertz CT molecular complexity index is 939. The van der Waals surface area contributed by atoms with E-state index in [4.69, 9.17) is 0 Å². The smallest absolute Gasteiger partial charge is 0.310 e. The van der Waals surface area contributed by atoms with Crippen molar-refractivity contribution < 1.29 is 27.2 Å². The van der Waals surface area contributed by atoms with Gasteiger partial charge in [0.2, 0.25) is 0 Å². The minimum atomic E-state index is -1.11. The van der Waals surface area contributed by atoms with Crippen molar-refractivity contribution in [1.29, 1.82) is 0 Å². The summed E-state index contributed by atoms with van der Waals surface area (Å²) < 4.78 is 53.5. The first-order valence-corrected chi connectivity index (χ1v) is 8.83. The molecule has 158 valence electrons. The summed E-state index contributed by atoms with van der Waals surface area (Å²) in [6.45, 7) is 10.5. The standard InChI is InChI=1S/C22H20F4N2O2/c1-11(2)19(13-5-7-15(23)17(25)9-13)27-21(29)22(30)28-20(12(3)4)14-6-8-16(24)18(26)10-14/h5-10,19-20H,1,3H2,2,4H3,(H,27,29)(H,28,30). The SMILES string of the molecule is C=C(C)C(NC(=O)C(=O)NC(C(=C)C)c1ccc(F)c(F)c1)c1ccc(F)c(F)c1. The minimum Gasteiger partial charge on any atom is -0.337 e. The Labute approximate surface area is 171 Å². The number of rotatable bonds is 6. The van der Waals surface area contributed by atoms with Crippen LogP contribution in [0.5, 0.6) is 0 Å². The van der Waals surface area contributed by atoms with E-state index in [0.29, 0.717) is 11.1 Å². The molecule has 0 aliphatic rings. The van der Waals surface area contributed by atoms with E-state index in [1.54, 1.807) is 13.8 Å². The van der Waals surface area contributed by atoms with Crippen molar-refractivity contribution >= 4 is 11.8 Å². The molecule has 0 radical (unpaired) electrons. The molecule has 0 fully saturated rings. The molecular formula is C22H20F4N2O2. The van der Waals surface area contributed by atoms with Gasteiger partial charge in [0.25, 0.3) is 0 Å². The molecule has 0 bridgehead atoms. The van der Waals surface area contributed by atoms with E-state index in [1.165, 1.54) is 12.1 Å². The van der Waals surface area contributed by atoms with Gasteiger partial charge in [-0.25, -0.2) is 17.6 Å². The second-order valence-corrected chi connectivity index (χ2v) is 6.85. The monoisotopic (exact) mass is 420 g/mol. The fourth-order valence-electron chi connectivity index (χ4n) is 2.76. The average molecular weight is 420 g/mol. The summed E-state index contributed by atoms with van der Waals surface area (Å²) in [5, 5.41) is 4.78. The van der Waals surface area contributed by atoms with Crippen LogP contribution < -0.4 is 10.6 Å². The highest BCUT2D eigenvalue weighted by Crippen LogP contribution is 2.24. The lowest BCUT2D eigenvalue weighted by Crippen LogP contribution is -2.43. The first-order valence-electron chi connectivity index (χ1n) is 8.83. The zero-order valence-corrected chi connectivity index (χ0v) is 16.4. The molecule has 2 atom stereocenters. The van der Waals surface area contributed by atoms with Gasteiger partial charge in [0, 0.05) is 0 Å². The van der Waals surface area contributed by atoms with Crippen molar-refractivity contribution in [3.63, 3.8) is 0 Å². The Balaban J connectivity index is 2.20. The second-order valence-electron chi connectivity index (χ2n) is 6.85. The topological polar surface area (TPSA) is 58.2 Å². The van der Waals surface area contributed by atoms with Crippen molar-refractivity contribution in [3.05, 3.63) is 95.1 Å². The van der Waals surface area contributed by atoms with E-state index in [-0.39, 0.29) is 11.1 Å². The lowest BCUT2D eigenvalue weighted by molar-refractivity contribution is -0.139. The summed E-state index contributed by atoms with van der Waals surface area (Å²) in [7, 11) is 0. The maximum atomic E-state index is 13.5. The molecule has 0 spiro atoms. The van der Waals surface area contributed by atoms with E-state index in [0.717, 1.165) is 24.3 Å². The van der Waals surface area contributed by atoms with E-state index < -0.39 is 47.2 Å². The molecule has 0 saturated heterocycles. The summed E-state index contributed by atoms with van der Waals surface area (Å²) in [5.74, 6) is -6.50. The first-order chi connectivity index (χ1) is 14.0. The van der Waals surface area contributed by atoms with Crippen LogP contribution in [0.15, 0.2) is 60.7 Å². The summed E-state index contributed by atoms with van der Waals surface area (Å²) in [5.41, 5.74) is 1.14. The molecule has 0 saturated carbocycles. The van der Waals surface area contributed by atoms with Gasteiger partial charge < -0.3 is 10.6 Å². The number of hydrogen-bond acceptors (Lipinski definition) is 2. The Hall–Kier alpha value is -3.42. The van der Waals surface area contributed by atoms with Gasteiger partial charge >= 0.3 is 11.8 Å². The van der Waals surface area contributed by atoms with Crippen LogP contribution in [0.3, 0.4) is 0 Å². The zero-order chi connectivity index (χ0) is 22.6. The molecule has 0 heterocycles. The molecule has 2 unspecified atom stereocenters. The third-order valence-electron chi connectivity index (χ3n) is 4.30. The van der Waals surface area contributed by atoms with Crippen LogP contribution in [0.2, 0.25) is 0 Å². The van der Waals surface area contributed by atoms with Gasteiger partial charge in [-0.15, -0.1) is 0 Å². The van der Waals surface area contributed by atoms with Crippen molar-refractivity contribution in [2.45, 2.75) is 25.9 Å². The van der Waals surface area contributed by atoms with Gasteiger partial charge in [-0.1, -0.05) is 36.4 Å². The van der Waals surface area contributed by atoms with Crippen LogP contribution >= 0.6 is 0 Å². The summed E-state index contributed by atoms with van der Waals surface area (Å²) in [4.78, 5) is 24.8.